The summed E-state index contributed by atoms with van der Waals surface area (Å²) in [6.45, 7) is 4.70. The standard InChI is InChI=1S/C38H42O8S/c1-7-45-29-17-11-9-15-27(29)23-25-35(37-31(41-3)19-13-20-32(37)42-4)47(39,40)36(38-33(43-5)21-14-22-34(38)44-6)26-24-28-16-10-12-18-30(28)46-8-2/h9-26,35-36H,7-8H2,1-6H3/b25-23+,26-24+. The fourth-order valence-corrected chi connectivity index (χ4v) is 7.44. The molecule has 0 N–H and O–H groups in total. The summed E-state index contributed by atoms with van der Waals surface area (Å²) in [4.78, 5) is 0. The van der Waals surface area contributed by atoms with Crippen LogP contribution in [0.1, 0.15) is 46.6 Å². The van der Waals surface area contributed by atoms with E-state index in [-0.39, 0.29) is 0 Å². The first-order chi connectivity index (χ1) is 22.8. The lowest BCUT2D eigenvalue weighted by atomic mass is 10.1. The maximum atomic E-state index is 15.4. The van der Waals surface area contributed by atoms with Crippen molar-refractivity contribution in [3.8, 4) is 34.5 Å². The van der Waals surface area contributed by atoms with Crippen molar-refractivity contribution in [1.29, 1.82) is 0 Å². The third kappa shape index (κ3) is 7.92. The van der Waals surface area contributed by atoms with Crippen LogP contribution in [-0.4, -0.2) is 50.1 Å². The molecule has 0 spiro atoms. The lowest BCUT2D eigenvalue weighted by molar-refractivity contribution is 0.339. The Kier molecular flexibility index (Phi) is 12.4. The van der Waals surface area contributed by atoms with Crippen LogP contribution in [0.15, 0.2) is 97.1 Å². The molecule has 9 heteroatoms. The molecule has 47 heavy (non-hydrogen) atoms. The Morgan fingerprint density at radius 1 is 0.511 bits per heavy atom. The molecule has 0 aromatic heterocycles. The molecule has 0 aliphatic carbocycles. The number of para-hydroxylation sites is 2. The van der Waals surface area contributed by atoms with Crippen LogP contribution in [0.25, 0.3) is 12.2 Å². The maximum Gasteiger partial charge on any atom is 0.172 e. The Morgan fingerprint density at radius 2 is 0.830 bits per heavy atom. The summed E-state index contributed by atoms with van der Waals surface area (Å²) in [5, 5.41) is -2.51. The molecule has 2 atom stereocenters. The number of benzene rings is 4. The number of methoxy groups -OCH3 is 4. The lowest BCUT2D eigenvalue weighted by Crippen LogP contribution is -2.21. The van der Waals surface area contributed by atoms with Crippen LogP contribution in [0.2, 0.25) is 0 Å². The summed E-state index contributed by atoms with van der Waals surface area (Å²) < 4.78 is 65.4. The van der Waals surface area contributed by atoms with E-state index in [1.54, 1.807) is 60.7 Å². The van der Waals surface area contributed by atoms with Crippen LogP contribution < -0.4 is 28.4 Å². The number of hydrogen-bond donors (Lipinski definition) is 0. The first kappa shape index (κ1) is 35.0. The van der Waals surface area contributed by atoms with Gasteiger partial charge in [0.2, 0.25) is 0 Å². The number of hydrogen-bond acceptors (Lipinski definition) is 8. The van der Waals surface area contributed by atoms with Gasteiger partial charge in [-0.15, -0.1) is 0 Å². The van der Waals surface area contributed by atoms with Crippen molar-refractivity contribution in [2.45, 2.75) is 24.3 Å². The predicted molar refractivity (Wildman–Crippen MR) is 187 cm³/mol. The number of sulfone groups is 1. The molecule has 8 nitrogen and oxygen atoms in total. The van der Waals surface area contributed by atoms with Crippen LogP contribution >= 0.6 is 0 Å². The third-order valence-electron chi connectivity index (χ3n) is 7.55. The van der Waals surface area contributed by atoms with Crippen LogP contribution in [0.5, 0.6) is 34.5 Å². The molecule has 0 bridgehead atoms. The molecule has 0 aliphatic heterocycles. The smallest absolute Gasteiger partial charge is 0.172 e. The SMILES string of the molecule is CCOc1ccccc1/C=C/C(c1c(OC)cccc1OC)S(=O)(=O)C(/C=C/c1ccccc1OCC)c1c(OC)cccc1OC. The summed E-state index contributed by atoms with van der Waals surface area (Å²) >= 11 is 0. The summed E-state index contributed by atoms with van der Waals surface area (Å²) in [6, 6.07) is 25.3. The van der Waals surface area contributed by atoms with E-state index in [0.717, 1.165) is 11.1 Å². The number of ether oxygens (including phenoxy) is 6. The second kappa shape index (κ2) is 16.6. The zero-order valence-corrected chi connectivity index (χ0v) is 28.5. The minimum absolute atomic E-state index is 0.352. The monoisotopic (exact) mass is 658 g/mol. The summed E-state index contributed by atoms with van der Waals surface area (Å²) in [5.41, 5.74) is 2.14. The second-order valence-corrected chi connectivity index (χ2v) is 12.4. The van der Waals surface area contributed by atoms with Crippen molar-refractivity contribution in [2.24, 2.45) is 0 Å². The van der Waals surface area contributed by atoms with Gasteiger partial charge >= 0.3 is 0 Å². The molecule has 0 fully saturated rings. The van der Waals surface area contributed by atoms with E-state index in [9.17, 15) is 0 Å². The van der Waals surface area contributed by atoms with Crippen molar-refractivity contribution in [2.75, 3.05) is 41.7 Å². The fourth-order valence-electron chi connectivity index (χ4n) is 5.41. The molecular formula is C38H42O8S. The Hall–Kier alpha value is -4.89. The molecule has 0 heterocycles. The van der Waals surface area contributed by atoms with E-state index < -0.39 is 20.3 Å². The molecule has 4 aromatic carbocycles. The maximum absolute atomic E-state index is 15.4. The van der Waals surface area contributed by atoms with E-state index in [1.165, 1.54) is 28.4 Å². The largest absolute Gasteiger partial charge is 0.496 e. The predicted octanol–water partition coefficient (Wildman–Crippen LogP) is 8.14. The van der Waals surface area contributed by atoms with Crippen molar-refractivity contribution in [1.82, 2.24) is 0 Å². The van der Waals surface area contributed by atoms with Gasteiger partial charge in [-0.25, -0.2) is 8.42 Å². The van der Waals surface area contributed by atoms with Gasteiger partial charge in [0.1, 0.15) is 45.0 Å². The van der Waals surface area contributed by atoms with Crippen LogP contribution in [0.3, 0.4) is 0 Å². The third-order valence-corrected chi connectivity index (χ3v) is 9.75. The van der Waals surface area contributed by atoms with Crippen molar-refractivity contribution >= 4 is 22.0 Å². The average molecular weight is 659 g/mol. The normalized spacial score (nSPS) is 12.9. The first-order valence-electron chi connectivity index (χ1n) is 15.3. The molecular weight excluding hydrogens is 616 g/mol. The minimum Gasteiger partial charge on any atom is -0.496 e. The highest BCUT2D eigenvalue weighted by Crippen LogP contribution is 2.48. The quantitative estimate of drug-likeness (QED) is 0.119. The molecule has 0 amide bonds. The second-order valence-electron chi connectivity index (χ2n) is 10.2. The van der Waals surface area contributed by atoms with Crippen molar-refractivity contribution < 1.29 is 36.8 Å². The topological polar surface area (TPSA) is 89.5 Å². The summed E-state index contributed by atoms with van der Waals surface area (Å²) in [7, 11) is 1.74. The molecule has 2 unspecified atom stereocenters. The van der Waals surface area contributed by atoms with Gasteiger partial charge in [-0.1, -0.05) is 72.8 Å². The summed E-state index contributed by atoms with van der Waals surface area (Å²) in [6.07, 6.45) is 6.79. The minimum atomic E-state index is -4.27. The Morgan fingerprint density at radius 3 is 1.15 bits per heavy atom. The van der Waals surface area contributed by atoms with Crippen LogP contribution in [-0.2, 0) is 9.84 Å². The van der Waals surface area contributed by atoms with E-state index in [2.05, 4.69) is 0 Å². The van der Waals surface area contributed by atoms with Crippen molar-refractivity contribution in [3.63, 3.8) is 0 Å². The van der Waals surface area contributed by atoms with E-state index in [4.69, 9.17) is 28.4 Å². The molecule has 4 aromatic rings. The zero-order valence-electron chi connectivity index (χ0n) is 27.6. The Labute approximate surface area is 278 Å². The van der Waals surface area contributed by atoms with Gasteiger partial charge in [-0.2, -0.15) is 0 Å². The molecule has 0 saturated carbocycles. The number of rotatable bonds is 16. The zero-order chi connectivity index (χ0) is 33.8. The van der Waals surface area contributed by atoms with E-state index in [1.807, 2.05) is 62.4 Å². The van der Waals surface area contributed by atoms with Gasteiger partial charge in [0.25, 0.3) is 0 Å². The Bertz CT molecular complexity index is 1630. The van der Waals surface area contributed by atoms with Gasteiger partial charge in [0, 0.05) is 11.1 Å². The highest BCUT2D eigenvalue weighted by Gasteiger charge is 2.39. The highest BCUT2D eigenvalue weighted by atomic mass is 32.2. The van der Waals surface area contributed by atoms with Crippen LogP contribution in [0, 0.1) is 0 Å². The van der Waals surface area contributed by atoms with Gasteiger partial charge < -0.3 is 28.4 Å². The van der Waals surface area contributed by atoms with E-state index in [0.29, 0.717) is 58.8 Å². The van der Waals surface area contributed by atoms with Crippen LogP contribution in [0.4, 0.5) is 0 Å². The van der Waals surface area contributed by atoms with Gasteiger partial charge in [-0.05, 0) is 50.2 Å². The Balaban J connectivity index is 2.04. The lowest BCUT2D eigenvalue weighted by Gasteiger charge is -2.26. The summed E-state index contributed by atoms with van der Waals surface area (Å²) in [5.74, 6) is 2.69. The van der Waals surface area contributed by atoms with E-state index >= 15 is 8.42 Å². The van der Waals surface area contributed by atoms with Gasteiger partial charge in [0.05, 0.1) is 52.8 Å². The molecule has 4 rings (SSSR count). The van der Waals surface area contributed by atoms with Gasteiger partial charge in [-0.3, -0.25) is 0 Å². The average Bonchev–Trinajstić information content (AvgIpc) is 3.09. The first-order valence-corrected chi connectivity index (χ1v) is 16.9. The highest BCUT2D eigenvalue weighted by molar-refractivity contribution is 7.92. The molecule has 0 radical (unpaired) electrons. The molecule has 248 valence electrons. The van der Waals surface area contributed by atoms with Gasteiger partial charge in [0.15, 0.2) is 9.84 Å². The fraction of sp³-hybridized carbons (Fsp3) is 0.263. The van der Waals surface area contributed by atoms with Crippen molar-refractivity contribution in [3.05, 3.63) is 119 Å². The molecule has 0 saturated heterocycles. The molecule has 0 aliphatic rings.